The van der Waals surface area contributed by atoms with Gasteiger partial charge in [-0.3, -0.25) is 9.78 Å². The summed E-state index contributed by atoms with van der Waals surface area (Å²) < 4.78 is 37.2. The molecule has 0 aliphatic rings. The number of rotatable bonds is 5. The van der Waals surface area contributed by atoms with Crippen LogP contribution in [0.3, 0.4) is 0 Å². The Kier molecular flexibility index (Phi) is 9.68. The maximum absolute atomic E-state index is 12.4. The van der Waals surface area contributed by atoms with E-state index in [0.717, 1.165) is 12.1 Å². The Labute approximate surface area is 139 Å². The van der Waals surface area contributed by atoms with E-state index in [9.17, 15) is 18.0 Å². The van der Waals surface area contributed by atoms with E-state index in [1.807, 2.05) is 13.8 Å². The second kappa shape index (κ2) is 9.17. The molecule has 0 atom stereocenters. The van der Waals surface area contributed by atoms with Crippen LogP contribution in [0.25, 0.3) is 0 Å². The van der Waals surface area contributed by atoms with Gasteiger partial charge < -0.3 is 11.1 Å². The van der Waals surface area contributed by atoms with Crippen molar-refractivity contribution in [1.82, 2.24) is 10.3 Å². The number of hydrogen-bond acceptors (Lipinski definition) is 3. The second-order valence-electron chi connectivity index (χ2n) is 4.58. The molecule has 4 nitrogen and oxygen atoms in total. The lowest BCUT2D eigenvalue weighted by Crippen LogP contribution is -2.53. The molecule has 1 heterocycles. The Balaban J connectivity index is 0. The number of nitrogens with two attached hydrogens (primary N) is 1. The Morgan fingerprint density at radius 2 is 1.77 bits per heavy atom. The number of hydrogen-bond donors (Lipinski definition) is 2. The maximum Gasteiger partial charge on any atom is 0.417 e. The summed E-state index contributed by atoms with van der Waals surface area (Å²) in [5, 5.41) is 2.75. The molecule has 0 fully saturated rings. The Morgan fingerprint density at radius 1 is 1.23 bits per heavy atom. The van der Waals surface area contributed by atoms with Crippen molar-refractivity contribution in [3.8, 4) is 0 Å². The lowest BCUT2D eigenvalue weighted by atomic mass is 9.93. The molecule has 22 heavy (non-hydrogen) atoms. The van der Waals surface area contributed by atoms with Gasteiger partial charge in [-0.05, 0) is 25.0 Å². The van der Waals surface area contributed by atoms with Crippen LogP contribution in [0.5, 0.6) is 0 Å². The third-order valence-corrected chi connectivity index (χ3v) is 3.45. The predicted octanol–water partition coefficient (Wildman–Crippen LogP) is 3.19. The number of aromatic nitrogens is 1. The maximum atomic E-state index is 12.4. The lowest BCUT2D eigenvalue weighted by molar-refractivity contribution is -0.137. The molecule has 0 saturated carbocycles. The molecule has 0 spiro atoms. The van der Waals surface area contributed by atoms with Crippen LogP contribution in [-0.4, -0.2) is 23.0 Å². The third kappa shape index (κ3) is 5.62. The topological polar surface area (TPSA) is 68.0 Å². The number of nitrogens with zero attached hydrogens (tertiary/aromatic N) is 1. The van der Waals surface area contributed by atoms with E-state index in [2.05, 4.69) is 10.3 Å². The van der Waals surface area contributed by atoms with E-state index in [0.29, 0.717) is 19.0 Å². The van der Waals surface area contributed by atoms with Crippen LogP contribution >= 0.6 is 24.8 Å². The van der Waals surface area contributed by atoms with Crippen LogP contribution in [0.15, 0.2) is 18.3 Å². The average molecular weight is 362 g/mol. The Bertz CT molecular complexity index is 454. The number of nitrogens with one attached hydrogen (secondary N) is 1. The fourth-order valence-electron chi connectivity index (χ4n) is 1.77. The minimum atomic E-state index is -4.46. The molecule has 1 rings (SSSR count). The molecule has 0 radical (unpaired) electrons. The highest BCUT2D eigenvalue weighted by Gasteiger charge is 2.31. The average Bonchev–Trinajstić information content (AvgIpc) is 2.44. The molecule has 1 amide bonds. The van der Waals surface area contributed by atoms with Gasteiger partial charge in [0, 0.05) is 12.7 Å². The summed E-state index contributed by atoms with van der Waals surface area (Å²) >= 11 is 0. The molecule has 9 heteroatoms. The Hall–Kier alpha value is -1.05. The van der Waals surface area contributed by atoms with Crippen LogP contribution < -0.4 is 11.1 Å². The van der Waals surface area contributed by atoms with E-state index in [1.54, 1.807) is 0 Å². The van der Waals surface area contributed by atoms with Gasteiger partial charge in [0.25, 0.3) is 5.91 Å². The highest BCUT2D eigenvalue weighted by molar-refractivity contribution is 5.92. The number of pyridine rings is 1. The lowest BCUT2D eigenvalue weighted by Gasteiger charge is -2.31. The normalized spacial score (nSPS) is 11.2. The fourth-order valence-corrected chi connectivity index (χ4v) is 1.77. The number of halogens is 5. The van der Waals surface area contributed by atoms with Crippen molar-refractivity contribution in [2.75, 3.05) is 6.54 Å². The minimum Gasteiger partial charge on any atom is -0.344 e. The van der Waals surface area contributed by atoms with Crippen LogP contribution in [0.4, 0.5) is 13.2 Å². The zero-order valence-corrected chi connectivity index (χ0v) is 13.9. The summed E-state index contributed by atoms with van der Waals surface area (Å²) in [4.78, 5) is 15.5. The molecule has 128 valence electrons. The van der Waals surface area contributed by atoms with Crippen LogP contribution in [0.2, 0.25) is 0 Å². The fraction of sp³-hybridized carbons (Fsp3) is 0.538. The molecule has 0 aliphatic carbocycles. The molecular formula is C13H20Cl2F3N3O. The van der Waals surface area contributed by atoms with Gasteiger partial charge >= 0.3 is 6.18 Å². The van der Waals surface area contributed by atoms with E-state index < -0.39 is 23.2 Å². The zero-order chi connectivity index (χ0) is 15.4. The number of carbonyl (C=O) groups is 1. The van der Waals surface area contributed by atoms with Crippen LogP contribution in [0.1, 0.15) is 42.7 Å². The van der Waals surface area contributed by atoms with Crippen molar-refractivity contribution >= 4 is 30.7 Å². The van der Waals surface area contributed by atoms with Gasteiger partial charge in [-0.2, -0.15) is 13.2 Å². The van der Waals surface area contributed by atoms with Gasteiger partial charge in [0.1, 0.15) is 5.69 Å². The SMILES string of the molecule is CCC(CC)(CN)NC(=O)c1ccc(C(F)(F)F)cn1.Cl.Cl. The smallest absolute Gasteiger partial charge is 0.344 e. The Morgan fingerprint density at radius 3 is 2.09 bits per heavy atom. The van der Waals surface area contributed by atoms with Gasteiger partial charge in [-0.15, -0.1) is 24.8 Å². The first-order chi connectivity index (χ1) is 9.28. The van der Waals surface area contributed by atoms with Gasteiger partial charge in [0.2, 0.25) is 0 Å². The molecule has 0 aromatic carbocycles. The summed E-state index contributed by atoms with van der Waals surface area (Å²) in [6.45, 7) is 4.03. The summed E-state index contributed by atoms with van der Waals surface area (Å²) in [5.41, 5.74) is 4.16. The molecule has 0 aliphatic heterocycles. The monoisotopic (exact) mass is 361 g/mol. The molecule has 3 N–H and O–H groups in total. The molecule has 1 aromatic rings. The number of carbonyl (C=O) groups excluding carboxylic acids is 1. The van der Waals surface area contributed by atoms with Crippen molar-refractivity contribution in [2.45, 2.75) is 38.4 Å². The van der Waals surface area contributed by atoms with Crippen molar-refractivity contribution in [3.05, 3.63) is 29.6 Å². The number of amides is 1. The van der Waals surface area contributed by atoms with Crippen molar-refractivity contribution in [1.29, 1.82) is 0 Å². The highest BCUT2D eigenvalue weighted by Crippen LogP contribution is 2.28. The first-order valence-electron chi connectivity index (χ1n) is 6.34. The van der Waals surface area contributed by atoms with E-state index in [1.165, 1.54) is 0 Å². The molecular weight excluding hydrogens is 342 g/mol. The zero-order valence-electron chi connectivity index (χ0n) is 12.2. The van der Waals surface area contributed by atoms with Gasteiger partial charge in [-0.1, -0.05) is 13.8 Å². The highest BCUT2D eigenvalue weighted by atomic mass is 35.5. The number of alkyl halides is 3. The molecule has 0 unspecified atom stereocenters. The van der Waals surface area contributed by atoms with Crippen LogP contribution in [-0.2, 0) is 6.18 Å². The standard InChI is InChI=1S/C13H18F3N3O.2ClH/c1-3-12(4-2,8-17)19-11(20)10-6-5-9(7-18-10)13(14,15)16;;/h5-7H,3-4,8,17H2,1-2H3,(H,19,20);2*1H. The van der Waals surface area contributed by atoms with Crippen molar-refractivity contribution < 1.29 is 18.0 Å². The largest absolute Gasteiger partial charge is 0.417 e. The third-order valence-electron chi connectivity index (χ3n) is 3.45. The van der Waals surface area contributed by atoms with E-state index in [-0.39, 0.29) is 37.1 Å². The summed E-state index contributed by atoms with van der Waals surface area (Å²) in [5.74, 6) is -0.520. The summed E-state index contributed by atoms with van der Waals surface area (Å²) in [7, 11) is 0. The second-order valence-corrected chi connectivity index (χ2v) is 4.58. The quantitative estimate of drug-likeness (QED) is 0.845. The van der Waals surface area contributed by atoms with Gasteiger partial charge in [0.05, 0.1) is 11.1 Å². The summed E-state index contributed by atoms with van der Waals surface area (Å²) in [6.07, 6.45) is -2.55. The van der Waals surface area contributed by atoms with Crippen molar-refractivity contribution in [3.63, 3.8) is 0 Å². The molecule has 1 aromatic heterocycles. The van der Waals surface area contributed by atoms with Crippen LogP contribution in [0, 0.1) is 0 Å². The minimum absolute atomic E-state index is 0. The first-order valence-corrected chi connectivity index (χ1v) is 6.34. The first kappa shape index (κ1) is 23.2. The predicted molar refractivity (Wildman–Crippen MR) is 83.6 cm³/mol. The van der Waals surface area contributed by atoms with Gasteiger partial charge in [-0.25, -0.2) is 0 Å². The van der Waals surface area contributed by atoms with E-state index in [4.69, 9.17) is 5.73 Å². The van der Waals surface area contributed by atoms with Crippen molar-refractivity contribution in [2.24, 2.45) is 5.73 Å². The molecule has 0 saturated heterocycles. The van der Waals surface area contributed by atoms with Gasteiger partial charge in [0.15, 0.2) is 0 Å². The molecule has 0 bridgehead atoms. The van der Waals surface area contributed by atoms with E-state index >= 15 is 0 Å². The summed E-state index contributed by atoms with van der Waals surface area (Å²) in [6, 6.07) is 1.90.